The summed E-state index contributed by atoms with van der Waals surface area (Å²) in [5, 5.41) is 51.6. The lowest BCUT2D eigenvalue weighted by Crippen LogP contribution is -2.48. The van der Waals surface area contributed by atoms with Gasteiger partial charge in [0.05, 0.1) is 11.1 Å². The molecule has 1 atom stereocenters. The molecule has 27 heavy (non-hydrogen) atoms. The van der Waals surface area contributed by atoms with Crippen molar-refractivity contribution >= 4 is 17.8 Å². The highest BCUT2D eigenvalue weighted by Crippen LogP contribution is 2.28. The van der Waals surface area contributed by atoms with Crippen molar-refractivity contribution in [2.24, 2.45) is 0 Å². The van der Waals surface area contributed by atoms with Crippen LogP contribution in [0.25, 0.3) is 0 Å². The number of carboxylic acid groups (broad SMARTS) is 1. The molecule has 0 unspecified atom stereocenters. The first-order chi connectivity index (χ1) is 12.7. The van der Waals surface area contributed by atoms with Gasteiger partial charge < -0.3 is 36.2 Å². The van der Waals surface area contributed by atoms with Gasteiger partial charge in [-0.1, -0.05) is 12.1 Å². The molecule has 0 bridgehead atoms. The van der Waals surface area contributed by atoms with Gasteiger partial charge in [0.15, 0.2) is 23.0 Å². The molecular weight excluding hydrogens is 360 g/mol. The smallest absolute Gasteiger partial charge is 0.328 e. The molecule has 0 aromatic heterocycles. The van der Waals surface area contributed by atoms with Crippen molar-refractivity contribution in [2.45, 2.75) is 6.04 Å². The Labute approximate surface area is 152 Å². The Morgan fingerprint density at radius 3 is 1.78 bits per heavy atom. The van der Waals surface area contributed by atoms with Crippen molar-refractivity contribution in [3.05, 3.63) is 47.5 Å². The third-order valence-corrected chi connectivity index (χ3v) is 3.59. The fraction of sp³-hybridized carbons (Fsp3) is 0.118. The van der Waals surface area contributed by atoms with E-state index in [4.69, 9.17) is 0 Å². The fourth-order valence-corrected chi connectivity index (χ4v) is 2.16. The Kier molecular flexibility index (Phi) is 5.71. The average Bonchev–Trinajstić information content (AvgIpc) is 2.62. The number of para-hydroxylation sites is 2. The maximum absolute atomic E-state index is 12.1. The van der Waals surface area contributed by atoms with Crippen LogP contribution in [0.2, 0.25) is 0 Å². The molecule has 0 saturated heterocycles. The summed E-state index contributed by atoms with van der Waals surface area (Å²) in [6.45, 7) is -0.547. The van der Waals surface area contributed by atoms with Gasteiger partial charge >= 0.3 is 5.97 Å². The summed E-state index contributed by atoms with van der Waals surface area (Å²) in [5.74, 6) is -5.78. The van der Waals surface area contributed by atoms with Crippen LogP contribution in [-0.2, 0) is 4.79 Å². The standard InChI is InChI=1S/C17H16N2O8/c20-11-5-1-3-8(13(11)22)15(24)18-7-10(17(26)27)19-16(25)9-4-2-6-12(21)14(9)23/h1-6,10,20-23H,7H2,(H,18,24)(H,19,25)(H,26,27)/t10-/m1/s1. The maximum Gasteiger partial charge on any atom is 0.328 e. The molecule has 0 aliphatic carbocycles. The first-order valence-electron chi connectivity index (χ1n) is 7.56. The maximum atomic E-state index is 12.1. The first kappa shape index (κ1) is 19.4. The number of hydrogen-bond donors (Lipinski definition) is 7. The van der Waals surface area contributed by atoms with E-state index < -0.39 is 53.4 Å². The number of carboxylic acids is 1. The molecular formula is C17H16N2O8. The molecule has 0 saturated carbocycles. The molecule has 0 heterocycles. The molecule has 2 aromatic carbocycles. The Morgan fingerprint density at radius 1 is 0.815 bits per heavy atom. The van der Waals surface area contributed by atoms with E-state index in [1.54, 1.807) is 0 Å². The Balaban J connectivity index is 2.09. The molecule has 0 spiro atoms. The van der Waals surface area contributed by atoms with Gasteiger partial charge in [-0.3, -0.25) is 9.59 Å². The second kappa shape index (κ2) is 7.95. The van der Waals surface area contributed by atoms with Gasteiger partial charge in [0.2, 0.25) is 0 Å². The Morgan fingerprint density at radius 2 is 1.30 bits per heavy atom. The van der Waals surface area contributed by atoms with Crippen molar-refractivity contribution in [1.82, 2.24) is 10.6 Å². The number of carbonyl (C=O) groups excluding carboxylic acids is 2. The zero-order valence-corrected chi connectivity index (χ0v) is 13.7. The summed E-state index contributed by atoms with van der Waals surface area (Å²) in [7, 11) is 0. The highest BCUT2D eigenvalue weighted by Gasteiger charge is 2.24. The topological polar surface area (TPSA) is 176 Å². The fourth-order valence-electron chi connectivity index (χ4n) is 2.16. The number of aromatic hydroxyl groups is 4. The van der Waals surface area contributed by atoms with Crippen LogP contribution >= 0.6 is 0 Å². The largest absolute Gasteiger partial charge is 0.504 e. The lowest BCUT2D eigenvalue weighted by molar-refractivity contribution is -0.139. The second-order valence-corrected chi connectivity index (χ2v) is 5.42. The third kappa shape index (κ3) is 4.37. The van der Waals surface area contributed by atoms with Gasteiger partial charge in [-0.25, -0.2) is 4.79 Å². The summed E-state index contributed by atoms with van der Waals surface area (Å²) in [6, 6.07) is 5.72. The summed E-state index contributed by atoms with van der Waals surface area (Å²) in [6.07, 6.45) is 0. The van der Waals surface area contributed by atoms with Gasteiger partial charge in [-0.15, -0.1) is 0 Å². The molecule has 0 radical (unpaired) electrons. The van der Waals surface area contributed by atoms with Crippen molar-refractivity contribution < 1.29 is 39.9 Å². The van der Waals surface area contributed by atoms with Gasteiger partial charge in [0, 0.05) is 6.54 Å². The zero-order valence-electron chi connectivity index (χ0n) is 13.7. The number of phenols is 4. The van der Waals surface area contributed by atoms with Gasteiger partial charge in [-0.2, -0.15) is 0 Å². The predicted octanol–water partition coefficient (Wildman–Crippen LogP) is 0.122. The third-order valence-electron chi connectivity index (χ3n) is 3.59. The van der Waals surface area contributed by atoms with E-state index in [0.717, 1.165) is 12.1 Å². The highest BCUT2D eigenvalue weighted by molar-refractivity contribution is 6.00. The van der Waals surface area contributed by atoms with E-state index in [1.807, 2.05) is 0 Å². The van der Waals surface area contributed by atoms with Crippen LogP contribution in [0.3, 0.4) is 0 Å². The number of nitrogens with one attached hydrogen (secondary N) is 2. The molecule has 10 nitrogen and oxygen atoms in total. The molecule has 0 aliphatic heterocycles. The molecule has 142 valence electrons. The minimum Gasteiger partial charge on any atom is -0.504 e. The van der Waals surface area contributed by atoms with Crippen molar-refractivity contribution in [3.8, 4) is 23.0 Å². The monoisotopic (exact) mass is 376 g/mol. The molecule has 0 fully saturated rings. The number of rotatable bonds is 6. The van der Waals surface area contributed by atoms with Gasteiger partial charge in [-0.05, 0) is 24.3 Å². The molecule has 2 rings (SSSR count). The van der Waals surface area contributed by atoms with Crippen LogP contribution in [0, 0.1) is 0 Å². The first-order valence-corrected chi connectivity index (χ1v) is 7.56. The number of amides is 2. The van der Waals surface area contributed by atoms with Crippen molar-refractivity contribution in [1.29, 1.82) is 0 Å². The van der Waals surface area contributed by atoms with Gasteiger partial charge in [0.1, 0.15) is 6.04 Å². The average molecular weight is 376 g/mol. The summed E-state index contributed by atoms with van der Waals surface area (Å²) >= 11 is 0. The molecule has 2 aromatic rings. The molecule has 2 amide bonds. The van der Waals surface area contributed by atoms with Crippen LogP contribution in [-0.4, -0.2) is 55.9 Å². The van der Waals surface area contributed by atoms with E-state index >= 15 is 0 Å². The Hall–Kier alpha value is -3.95. The Bertz CT molecular complexity index is 896. The number of carbonyl (C=O) groups is 3. The van der Waals surface area contributed by atoms with Crippen LogP contribution in [0.4, 0.5) is 0 Å². The lowest BCUT2D eigenvalue weighted by atomic mass is 10.1. The van der Waals surface area contributed by atoms with E-state index in [0.29, 0.717) is 0 Å². The van der Waals surface area contributed by atoms with E-state index in [1.165, 1.54) is 24.3 Å². The summed E-state index contributed by atoms with van der Waals surface area (Å²) in [5.41, 5.74) is -0.630. The number of aliphatic carboxylic acids is 1. The molecule has 7 N–H and O–H groups in total. The normalized spacial score (nSPS) is 11.4. The van der Waals surface area contributed by atoms with Crippen LogP contribution < -0.4 is 10.6 Å². The quantitative estimate of drug-likeness (QED) is 0.348. The van der Waals surface area contributed by atoms with E-state index in [-0.39, 0.29) is 11.1 Å². The minimum atomic E-state index is -1.57. The molecule has 0 aliphatic rings. The minimum absolute atomic E-state index is 0.281. The van der Waals surface area contributed by atoms with Crippen LogP contribution in [0.1, 0.15) is 20.7 Å². The number of hydrogen-bond acceptors (Lipinski definition) is 7. The van der Waals surface area contributed by atoms with Crippen molar-refractivity contribution in [3.63, 3.8) is 0 Å². The van der Waals surface area contributed by atoms with Gasteiger partial charge in [0.25, 0.3) is 11.8 Å². The van der Waals surface area contributed by atoms with Crippen LogP contribution in [0.15, 0.2) is 36.4 Å². The predicted molar refractivity (Wildman–Crippen MR) is 90.8 cm³/mol. The number of phenolic OH excluding ortho intramolecular Hbond substituents is 4. The van der Waals surface area contributed by atoms with E-state index in [2.05, 4.69) is 10.6 Å². The van der Waals surface area contributed by atoms with Crippen LogP contribution in [0.5, 0.6) is 23.0 Å². The summed E-state index contributed by atoms with van der Waals surface area (Å²) < 4.78 is 0. The zero-order chi connectivity index (χ0) is 20.1. The second-order valence-electron chi connectivity index (χ2n) is 5.42. The SMILES string of the molecule is O=C(NC[C@@H](NC(=O)c1cccc(O)c1O)C(=O)O)c1cccc(O)c1O. The molecule has 10 heteroatoms. The lowest BCUT2D eigenvalue weighted by Gasteiger charge is -2.16. The van der Waals surface area contributed by atoms with Crippen molar-refractivity contribution in [2.75, 3.05) is 6.54 Å². The van der Waals surface area contributed by atoms with E-state index in [9.17, 15) is 39.9 Å². The number of benzene rings is 2. The highest BCUT2D eigenvalue weighted by atomic mass is 16.4. The summed E-state index contributed by atoms with van der Waals surface area (Å²) in [4.78, 5) is 35.5.